The maximum Gasteiger partial charge on any atom is 0.323 e. The Bertz CT molecular complexity index is 633. The summed E-state index contributed by atoms with van der Waals surface area (Å²) in [6, 6.07) is 13.3. The molecule has 0 radical (unpaired) electrons. The van der Waals surface area contributed by atoms with Crippen molar-refractivity contribution < 1.29 is 4.79 Å². The van der Waals surface area contributed by atoms with Gasteiger partial charge in [0.15, 0.2) is 0 Å². The maximum absolute atomic E-state index is 12.0. The van der Waals surface area contributed by atoms with Crippen LogP contribution in [0, 0.1) is 13.8 Å². The van der Waals surface area contributed by atoms with Crippen LogP contribution in [0.5, 0.6) is 0 Å². The van der Waals surface area contributed by atoms with Crippen molar-refractivity contribution in [3.63, 3.8) is 0 Å². The molecular formula is C17H21N3O. The van der Waals surface area contributed by atoms with Crippen LogP contribution in [0.25, 0.3) is 0 Å². The molecule has 0 aliphatic rings. The lowest BCUT2D eigenvalue weighted by Crippen LogP contribution is -2.19. The van der Waals surface area contributed by atoms with Crippen LogP contribution in [-0.4, -0.2) is 20.1 Å². The fourth-order valence-corrected chi connectivity index (χ4v) is 1.96. The molecule has 0 aromatic heterocycles. The monoisotopic (exact) mass is 283 g/mol. The van der Waals surface area contributed by atoms with Crippen LogP contribution in [0.3, 0.4) is 0 Å². The standard InChI is InChI=1S/C17H21N3O/c1-12-5-6-15(11-13(12)2)19-17(21)18-14-7-9-16(10-8-14)20(3)4/h5-11H,1-4H3,(H2,18,19,21). The number of carbonyl (C=O) groups is 1. The van der Waals surface area contributed by atoms with Crippen LogP contribution < -0.4 is 15.5 Å². The highest BCUT2D eigenvalue weighted by molar-refractivity contribution is 5.99. The van der Waals surface area contributed by atoms with E-state index in [1.165, 1.54) is 5.56 Å². The first-order valence-electron chi connectivity index (χ1n) is 6.88. The smallest absolute Gasteiger partial charge is 0.323 e. The zero-order valence-electron chi connectivity index (χ0n) is 12.9. The molecule has 0 spiro atoms. The van der Waals surface area contributed by atoms with Crippen LogP contribution in [0.2, 0.25) is 0 Å². The molecule has 0 fully saturated rings. The lowest BCUT2D eigenvalue weighted by atomic mass is 10.1. The number of hydrogen-bond acceptors (Lipinski definition) is 2. The average molecular weight is 283 g/mol. The summed E-state index contributed by atoms with van der Waals surface area (Å²) in [6.07, 6.45) is 0. The predicted octanol–water partition coefficient (Wildman–Crippen LogP) is 4.01. The molecule has 2 rings (SSSR count). The van der Waals surface area contributed by atoms with Gasteiger partial charge in [-0.25, -0.2) is 4.79 Å². The van der Waals surface area contributed by atoms with Gasteiger partial charge in [0, 0.05) is 31.2 Å². The van der Waals surface area contributed by atoms with E-state index in [2.05, 4.69) is 10.6 Å². The summed E-state index contributed by atoms with van der Waals surface area (Å²) in [5.41, 5.74) is 5.01. The van der Waals surface area contributed by atoms with E-state index in [0.29, 0.717) is 0 Å². The molecule has 110 valence electrons. The van der Waals surface area contributed by atoms with Gasteiger partial charge in [0.1, 0.15) is 0 Å². The average Bonchev–Trinajstić information content (AvgIpc) is 2.43. The summed E-state index contributed by atoms with van der Waals surface area (Å²) < 4.78 is 0. The minimum absolute atomic E-state index is 0.240. The Morgan fingerprint density at radius 3 is 2.00 bits per heavy atom. The molecule has 2 aromatic carbocycles. The summed E-state index contributed by atoms with van der Waals surface area (Å²) in [5, 5.41) is 5.66. The van der Waals surface area contributed by atoms with Gasteiger partial charge in [0.25, 0.3) is 0 Å². The van der Waals surface area contributed by atoms with Gasteiger partial charge in [0.05, 0.1) is 0 Å². The number of rotatable bonds is 3. The van der Waals surface area contributed by atoms with Crippen molar-refractivity contribution in [1.29, 1.82) is 0 Å². The molecule has 0 saturated heterocycles. The quantitative estimate of drug-likeness (QED) is 0.893. The number of hydrogen-bond donors (Lipinski definition) is 2. The molecule has 2 amide bonds. The minimum atomic E-state index is -0.240. The van der Waals surface area contributed by atoms with Gasteiger partial charge < -0.3 is 15.5 Å². The van der Waals surface area contributed by atoms with E-state index in [4.69, 9.17) is 0 Å². The van der Waals surface area contributed by atoms with Crippen LogP contribution in [0.4, 0.5) is 21.9 Å². The van der Waals surface area contributed by atoms with Gasteiger partial charge in [0.2, 0.25) is 0 Å². The topological polar surface area (TPSA) is 44.4 Å². The summed E-state index contributed by atoms with van der Waals surface area (Å²) >= 11 is 0. The number of benzene rings is 2. The Balaban J connectivity index is 1.99. The van der Waals surface area contributed by atoms with Crippen molar-refractivity contribution in [2.45, 2.75) is 13.8 Å². The molecule has 0 aliphatic carbocycles. The van der Waals surface area contributed by atoms with Gasteiger partial charge in [-0.1, -0.05) is 6.07 Å². The first-order valence-corrected chi connectivity index (χ1v) is 6.88. The zero-order chi connectivity index (χ0) is 15.4. The molecule has 4 nitrogen and oxygen atoms in total. The number of nitrogens with zero attached hydrogens (tertiary/aromatic N) is 1. The predicted molar refractivity (Wildman–Crippen MR) is 89.3 cm³/mol. The van der Waals surface area contributed by atoms with E-state index >= 15 is 0 Å². The molecule has 0 bridgehead atoms. The lowest BCUT2D eigenvalue weighted by molar-refractivity contribution is 0.262. The van der Waals surface area contributed by atoms with E-state index in [0.717, 1.165) is 22.6 Å². The third kappa shape index (κ3) is 3.99. The van der Waals surface area contributed by atoms with E-state index in [1.54, 1.807) is 0 Å². The maximum atomic E-state index is 12.0. The summed E-state index contributed by atoms with van der Waals surface area (Å²) in [7, 11) is 3.96. The van der Waals surface area contributed by atoms with Gasteiger partial charge in [-0.15, -0.1) is 0 Å². The molecule has 2 aromatic rings. The molecule has 0 saturated carbocycles. The number of aryl methyl sites for hydroxylation is 2. The molecule has 0 unspecified atom stereocenters. The molecule has 21 heavy (non-hydrogen) atoms. The molecule has 2 N–H and O–H groups in total. The number of carbonyl (C=O) groups excluding carboxylic acids is 1. The zero-order valence-corrected chi connectivity index (χ0v) is 12.9. The third-order valence-electron chi connectivity index (χ3n) is 3.41. The fraction of sp³-hybridized carbons (Fsp3) is 0.235. The van der Waals surface area contributed by atoms with Gasteiger partial charge in [-0.05, 0) is 61.4 Å². The van der Waals surface area contributed by atoms with E-state index in [1.807, 2.05) is 75.3 Å². The van der Waals surface area contributed by atoms with E-state index < -0.39 is 0 Å². The Labute approximate surface area is 125 Å². The minimum Gasteiger partial charge on any atom is -0.378 e. The van der Waals surface area contributed by atoms with E-state index in [9.17, 15) is 4.79 Å². The Morgan fingerprint density at radius 1 is 0.857 bits per heavy atom. The van der Waals surface area contributed by atoms with Crippen molar-refractivity contribution in [3.8, 4) is 0 Å². The molecule has 0 atom stereocenters. The molecule has 4 heteroatoms. The first kappa shape index (κ1) is 14.9. The van der Waals surface area contributed by atoms with Crippen molar-refractivity contribution in [3.05, 3.63) is 53.6 Å². The Kier molecular flexibility index (Phi) is 4.48. The Morgan fingerprint density at radius 2 is 1.43 bits per heavy atom. The number of anilines is 3. The highest BCUT2D eigenvalue weighted by Gasteiger charge is 2.04. The first-order chi connectivity index (χ1) is 9.95. The highest BCUT2D eigenvalue weighted by atomic mass is 16.2. The molecule has 0 aliphatic heterocycles. The van der Waals surface area contributed by atoms with Gasteiger partial charge >= 0.3 is 6.03 Å². The second kappa shape index (κ2) is 6.31. The summed E-state index contributed by atoms with van der Waals surface area (Å²) in [6.45, 7) is 4.07. The number of nitrogens with one attached hydrogen (secondary N) is 2. The van der Waals surface area contributed by atoms with Gasteiger partial charge in [-0.3, -0.25) is 0 Å². The largest absolute Gasteiger partial charge is 0.378 e. The lowest BCUT2D eigenvalue weighted by Gasteiger charge is -2.13. The molecular weight excluding hydrogens is 262 g/mol. The molecule has 0 heterocycles. The normalized spacial score (nSPS) is 10.1. The summed E-state index contributed by atoms with van der Waals surface area (Å²) in [4.78, 5) is 14.0. The Hall–Kier alpha value is -2.49. The fourth-order valence-electron chi connectivity index (χ4n) is 1.96. The van der Waals surface area contributed by atoms with E-state index in [-0.39, 0.29) is 6.03 Å². The SMILES string of the molecule is Cc1ccc(NC(=O)Nc2ccc(N(C)C)cc2)cc1C. The van der Waals surface area contributed by atoms with Gasteiger partial charge in [-0.2, -0.15) is 0 Å². The second-order valence-corrected chi connectivity index (χ2v) is 5.32. The third-order valence-corrected chi connectivity index (χ3v) is 3.41. The van der Waals surface area contributed by atoms with Crippen molar-refractivity contribution in [2.75, 3.05) is 29.6 Å². The number of urea groups is 1. The van der Waals surface area contributed by atoms with Crippen molar-refractivity contribution in [2.24, 2.45) is 0 Å². The van der Waals surface area contributed by atoms with Crippen LogP contribution in [-0.2, 0) is 0 Å². The number of amides is 2. The van der Waals surface area contributed by atoms with Crippen LogP contribution in [0.1, 0.15) is 11.1 Å². The second-order valence-electron chi connectivity index (χ2n) is 5.32. The summed E-state index contributed by atoms with van der Waals surface area (Å²) in [5.74, 6) is 0. The van der Waals surface area contributed by atoms with Crippen molar-refractivity contribution >= 4 is 23.1 Å². The van der Waals surface area contributed by atoms with Crippen LogP contribution in [0.15, 0.2) is 42.5 Å². The highest BCUT2D eigenvalue weighted by Crippen LogP contribution is 2.17. The van der Waals surface area contributed by atoms with Crippen LogP contribution >= 0.6 is 0 Å². The van der Waals surface area contributed by atoms with Crippen molar-refractivity contribution in [1.82, 2.24) is 0 Å².